The van der Waals surface area contributed by atoms with Crippen molar-refractivity contribution in [1.29, 1.82) is 0 Å². The molecule has 0 spiro atoms. The second-order valence-corrected chi connectivity index (χ2v) is 1.87. The first-order valence-corrected chi connectivity index (χ1v) is 2.84. The summed E-state index contributed by atoms with van der Waals surface area (Å²) in [4.78, 5) is 0. The highest BCUT2D eigenvalue weighted by molar-refractivity contribution is 6.13. The van der Waals surface area contributed by atoms with Crippen molar-refractivity contribution in [3.63, 3.8) is 0 Å². The Bertz CT molecular complexity index is 236. The monoisotopic (exact) mass is 138 g/mol. The third-order valence-corrected chi connectivity index (χ3v) is 1.22. The molecule has 2 aliphatic rings. The molecule has 0 heterocycles. The van der Waals surface area contributed by atoms with Crippen molar-refractivity contribution in [1.82, 2.24) is 0 Å². The third-order valence-electron chi connectivity index (χ3n) is 1.22. The molecule has 0 atom stereocenters. The van der Waals surface area contributed by atoms with Gasteiger partial charge in [0.05, 0.1) is 0 Å². The van der Waals surface area contributed by atoms with Gasteiger partial charge in [-0.25, -0.2) is 0 Å². The van der Waals surface area contributed by atoms with Gasteiger partial charge < -0.3 is 15.2 Å². The molecule has 0 radical (unpaired) electrons. The minimum atomic E-state index is -0.750. The number of hydrogen-bond donors (Lipinski definition) is 3. The average molecular weight is 138 g/mol. The zero-order valence-corrected chi connectivity index (χ0v) is 5.28. The maximum atomic E-state index is 8.78. The Kier molecular flexibility index (Phi) is 1.94. The molecule has 0 amide bonds. The van der Waals surface area contributed by atoms with Crippen molar-refractivity contribution < 1.29 is 15.2 Å². The predicted octanol–water partition coefficient (Wildman–Crippen LogP) is -0.390. The molecule has 0 aliphatic heterocycles. The lowest BCUT2D eigenvalue weighted by Crippen LogP contribution is -1.75. The Balaban J connectivity index is 0.000000148. The van der Waals surface area contributed by atoms with E-state index in [0.717, 1.165) is 5.56 Å². The molecular weight excluding hydrogens is 131 g/mol. The Morgan fingerprint density at radius 1 is 1.20 bits per heavy atom. The summed E-state index contributed by atoms with van der Waals surface area (Å²) in [6.45, 7) is 0. The summed E-state index contributed by atoms with van der Waals surface area (Å²) in [7, 11) is -0.750. The molecule has 0 aromatic carbocycles. The van der Waals surface area contributed by atoms with Crippen molar-refractivity contribution in [2.24, 2.45) is 0 Å². The average Bonchev–Trinajstić information content (AvgIpc) is 2.57. The molecule has 3 N–H and O–H groups in total. The summed E-state index contributed by atoms with van der Waals surface area (Å²) in [6.07, 6.45) is 0. The van der Waals surface area contributed by atoms with E-state index >= 15 is 0 Å². The predicted molar refractivity (Wildman–Crippen MR) is 38.7 cm³/mol. The highest BCUT2D eigenvalue weighted by atomic mass is 16.4. The highest BCUT2D eigenvalue weighted by Crippen LogP contribution is 2.42. The summed E-state index contributed by atoms with van der Waals surface area (Å²) in [5, 5.41) is 23.0. The van der Waals surface area contributed by atoms with Crippen LogP contribution in [0.15, 0.2) is 18.2 Å². The Morgan fingerprint density at radius 2 is 1.80 bits per heavy atom. The number of hydrogen-bond acceptors (Lipinski definition) is 3. The second kappa shape index (κ2) is 2.73. The smallest absolute Gasteiger partial charge is 0.432 e. The summed E-state index contributed by atoms with van der Waals surface area (Å²) in [5.41, 5.74) is 2.22. The lowest BCUT2D eigenvalue weighted by atomic mass is 10.5. The molecule has 0 fully saturated rings. The van der Waals surface area contributed by atoms with Crippen LogP contribution >= 0.6 is 0 Å². The molecule has 52 valence electrons. The minimum absolute atomic E-state index is 0.426. The maximum absolute atomic E-state index is 8.78. The molecular formula is C6H7BO3. The van der Waals surface area contributed by atoms with Gasteiger partial charge in [0, 0.05) is 5.56 Å². The zero-order chi connectivity index (χ0) is 7.56. The topological polar surface area (TPSA) is 60.7 Å². The van der Waals surface area contributed by atoms with Crippen LogP contribution in [0.5, 0.6) is 5.75 Å². The lowest BCUT2D eigenvalue weighted by molar-refractivity contribution is 0.448. The van der Waals surface area contributed by atoms with E-state index in [1.54, 1.807) is 6.07 Å². The van der Waals surface area contributed by atoms with Crippen molar-refractivity contribution >= 4 is 7.69 Å². The summed E-state index contributed by atoms with van der Waals surface area (Å²) < 4.78 is 0. The molecule has 2 rings (SSSR count). The highest BCUT2D eigenvalue weighted by Gasteiger charge is 2.15. The normalized spacial score (nSPS) is 9.40. The fourth-order valence-corrected chi connectivity index (χ4v) is 0.738. The van der Waals surface area contributed by atoms with E-state index in [-0.39, 0.29) is 0 Å². The maximum Gasteiger partial charge on any atom is 0.432 e. The van der Waals surface area contributed by atoms with E-state index in [1.165, 1.54) is 5.56 Å². The lowest BCUT2D eigenvalue weighted by Gasteiger charge is -1.72. The van der Waals surface area contributed by atoms with Gasteiger partial charge in [-0.3, -0.25) is 0 Å². The van der Waals surface area contributed by atoms with Crippen LogP contribution in [0.4, 0.5) is 0 Å². The summed E-state index contributed by atoms with van der Waals surface area (Å²) in [5.74, 6) is 0.426. The van der Waals surface area contributed by atoms with Gasteiger partial charge in [0.25, 0.3) is 0 Å². The van der Waals surface area contributed by atoms with Crippen molar-refractivity contribution in [2.75, 3.05) is 0 Å². The van der Waals surface area contributed by atoms with E-state index < -0.39 is 7.69 Å². The molecule has 0 saturated heterocycles. The molecule has 0 aromatic rings. The molecule has 10 heavy (non-hydrogen) atoms. The molecule has 0 unspecified atom stereocenters. The van der Waals surface area contributed by atoms with Gasteiger partial charge in [0.15, 0.2) is 0 Å². The molecule has 0 bridgehead atoms. The third kappa shape index (κ3) is 1.29. The quantitative estimate of drug-likeness (QED) is 0.434. The van der Waals surface area contributed by atoms with Crippen LogP contribution in [0.25, 0.3) is 11.1 Å². The van der Waals surface area contributed by atoms with Gasteiger partial charge in [0.2, 0.25) is 0 Å². The van der Waals surface area contributed by atoms with Gasteiger partial charge in [-0.2, -0.15) is 0 Å². The van der Waals surface area contributed by atoms with Crippen LogP contribution in [0.1, 0.15) is 0 Å². The number of phenols is 1. The number of fused-ring (bicyclic) bond motifs is 1. The van der Waals surface area contributed by atoms with Crippen LogP contribution in [-0.4, -0.2) is 22.8 Å². The van der Waals surface area contributed by atoms with E-state index in [1.807, 2.05) is 12.1 Å². The van der Waals surface area contributed by atoms with E-state index in [2.05, 4.69) is 0 Å². The molecule has 3 nitrogen and oxygen atoms in total. The first-order valence-electron chi connectivity index (χ1n) is 2.84. The van der Waals surface area contributed by atoms with Gasteiger partial charge in [-0.05, 0) is 17.7 Å². The fraction of sp³-hybridized carbons (Fsp3) is 0. The van der Waals surface area contributed by atoms with Gasteiger partial charge in [-0.15, -0.1) is 0 Å². The van der Waals surface area contributed by atoms with Crippen molar-refractivity contribution in [3.05, 3.63) is 18.2 Å². The summed E-state index contributed by atoms with van der Waals surface area (Å²) >= 11 is 0. The molecule has 0 aromatic heterocycles. The van der Waals surface area contributed by atoms with Gasteiger partial charge in [-0.1, -0.05) is 6.07 Å². The Morgan fingerprint density at radius 3 is 1.90 bits per heavy atom. The fourth-order valence-electron chi connectivity index (χ4n) is 0.738. The minimum Gasteiger partial charge on any atom is -0.507 e. The summed E-state index contributed by atoms with van der Waals surface area (Å²) in [6, 6.07) is 5.57. The number of phenolic OH excluding ortho intramolecular Hbond substituents is 1. The van der Waals surface area contributed by atoms with Crippen LogP contribution in [0.2, 0.25) is 0 Å². The van der Waals surface area contributed by atoms with E-state index in [9.17, 15) is 0 Å². The van der Waals surface area contributed by atoms with Crippen molar-refractivity contribution in [3.8, 4) is 16.9 Å². The van der Waals surface area contributed by atoms with Crippen LogP contribution in [0, 0.1) is 0 Å². The molecule has 0 saturated carbocycles. The van der Waals surface area contributed by atoms with Crippen LogP contribution in [-0.2, 0) is 0 Å². The second-order valence-electron chi connectivity index (χ2n) is 1.87. The zero-order valence-electron chi connectivity index (χ0n) is 5.28. The van der Waals surface area contributed by atoms with E-state index in [0.29, 0.717) is 5.75 Å². The van der Waals surface area contributed by atoms with Crippen LogP contribution < -0.4 is 0 Å². The van der Waals surface area contributed by atoms with Gasteiger partial charge in [0.1, 0.15) is 5.75 Å². The number of rotatable bonds is 0. The molecule has 4 heteroatoms. The van der Waals surface area contributed by atoms with E-state index in [4.69, 9.17) is 15.2 Å². The standard InChI is InChI=1S/C6H4O.BH3O2/c7-6-2-1-4-3-5(4)6;2-1-3/h1-3,7H;1-3H. The van der Waals surface area contributed by atoms with Crippen LogP contribution in [0.3, 0.4) is 0 Å². The SMILES string of the molecule is OBO.Oc1ccc2cc1-2. The largest absolute Gasteiger partial charge is 0.507 e. The number of benzene rings is 1. The van der Waals surface area contributed by atoms with Crippen molar-refractivity contribution in [2.45, 2.75) is 0 Å². The Labute approximate surface area is 58.9 Å². The Hall–Kier alpha value is -0.995. The molecule has 2 aliphatic carbocycles. The number of aromatic hydroxyl groups is 1. The van der Waals surface area contributed by atoms with Gasteiger partial charge >= 0.3 is 7.69 Å². The first-order chi connectivity index (χ1) is 4.79. The first kappa shape index (κ1) is 7.12.